The maximum absolute atomic E-state index is 12.6. The van der Waals surface area contributed by atoms with Gasteiger partial charge in [-0.2, -0.15) is 0 Å². The summed E-state index contributed by atoms with van der Waals surface area (Å²) in [6.45, 7) is 5.34. The number of hydrogen-bond donors (Lipinski definition) is 3. The van der Waals surface area contributed by atoms with E-state index >= 15 is 0 Å². The van der Waals surface area contributed by atoms with Gasteiger partial charge in [-0.15, -0.1) is 36.2 Å². The topological polar surface area (TPSA) is 56.4 Å². The number of carbonyl (C=O) groups excluding carboxylic acids is 1. The number of anilines is 1. The van der Waals surface area contributed by atoms with Gasteiger partial charge < -0.3 is 20.9 Å². The molecule has 2 aromatic rings. The van der Waals surface area contributed by atoms with E-state index in [1.807, 2.05) is 6.07 Å². The van der Waals surface area contributed by atoms with Crippen LogP contribution in [0.5, 0.6) is 0 Å². The van der Waals surface area contributed by atoms with Crippen molar-refractivity contribution in [3.63, 3.8) is 0 Å². The third kappa shape index (κ3) is 7.66. The largest absolute Gasteiger partial charge is 0.334 e. The highest BCUT2D eigenvalue weighted by molar-refractivity contribution is 7.16. The zero-order valence-corrected chi connectivity index (χ0v) is 21.7. The van der Waals surface area contributed by atoms with Gasteiger partial charge in [0.05, 0.1) is 4.34 Å². The molecule has 2 saturated heterocycles. The number of likely N-dealkylation sites (tertiary alicyclic amines) is 1. The van der Waals surface area contributed by atoms with Crippen molar-refractivity contribution < 1.29 is 4.79 Å². The summed E-state index contributed by atoms with van der Waals surface area (Å²) in [5.41, 5.74) is 0.732. The van der Waals surface area contributed by atoms with Crippen LogP contribution >= 0.6 is 59.4 Å². The maximum atomic E-state index is 12.6. The van der Waals surface area contributed by atoms with Crippen molar-refractivity contribution in [1.29, 1.82) is 0 Å². The normalized spacial score (nSPS) is 21.8. The third-order valence-corrected chi connectivity index (χ3v) is 7.67. The smallest absolute Gasteiger partial charge is 0.319 e. The fourth-order valence-electron chi connectivity index (χ4n) is 4.47. The Morgan fingerprint density at radius 1 is 1.06 bits per heavy atom. The van der Waals surface area contributed by atoms with Gasteiger partial charge in [0.1, 0.15) is 0 Å². The van der Waals surface area contributed by atoms with Crippen LogP contribution in [0.25, 0.3) is 0 Å². The van der Waals surface area contributed by atoms with Crippen molar-refractivity contribution >= 4 is 71.1 Å². The summed E-state index contributed by atoms with van der Waals surface area (Å²) in [4.78, 5) is 16.5. The molecule has 0 saturated carbocycles. The lowest BCUT2D eigenvalue weighted by Crippen LogP contribution is -2.51. The molecule has 5 nitrogen and oxygen atoms in total. The van der Waals surface area contributed by atoms with E-state index in [4.69, 9.17) is 23.2 Å². The SMILES string of the molecule is Cl.Cl.O=C(Nc1ccc(Cl)cc1)N[C@@H]1CCN(CC2CCNCC2)C[C@H]1c1ccc(Cl)s1. The van der Waals surface area contributed by atoms with Crippen LogP contribution in [0.15, 0.2) is 36.4 Å². The molecule has 0 aliphatic carbocycles. The number of thiophene rings is 1. The molecule has 1 aromatic carbocycles. The van der Waals surface area contributed by atoms with Gasteiger partial charge in [-0.05, 0) is 74.7 Å². The highest BCUT2D eigenvalue weighted by atomic mass is 35.5. The Morgan fingerprint density at radius 2 is 1.78 bits per heavy atom. The molecule has 1 aromatic heterocycles. The van der Waals surface area contributed by atoms with Crippen LogP contribution < -0.4 is 16.0 Å². The monoisotopic (exact) mass is 538 g/mol. The summed E-state index contributed by atoms with van der Waals surface area (Å²) >= 11 is 13.8. The molecule has 0 radical (unpaired) electrons. The summed E-state index contributed by atoms with van der Waals surface area (Å²) in [6, 6.07) is 11.1. The number of urea groups is 1. The van der Waals surface area contributed by atoms with Crippen LogP contribution in [0.3, 0.4) is 0 Å². The molecule has 0 bridgehead atoms. The molecule has 2 aliphatic rings. The van der Waals surface area contributed by atoms with E-state index < -0.39 is 0 Å². The lowest BCUT2D eigenvalue weighted by molar-refractivity contribution is 0.144. The lowest BCUT2D eigenvalue weighted by atomic mass is 9.89. The number of carbonyl (C=O) groups is 1. The summed E-state index contributed by atoms with van der Waals surface area (Å²) in [6.07, 6.45) is 3.42. The van der Waals surface area contributed by atoms with E-state index in [1.165, 1.54) is 17.7 Å². The van der Waals surface area contributed by atoms with E-state index in [-0.39, 0.29) is 42.8 Å². The number of rotatable bonds is 5. The molecule has 178 valence electrons. The zero-order chi connectivity index (χ0) is 20.9. The lowest BCUT2D eigenvalue weighted by Gasteiger charge is -2.40. The third-order valence-electron chi connectivity index (χ3n) is 6.05. The highest BCUT2D eigenvalue weighted by Gasteiger charge is 2.33. The van der Waals surface area contributed by atoms with E-state index in [9.17, 15) is 4.79 Å². The summed E-state index contributed by atoms with van der Waals surface area (Å²) in [7, 11) is 0. The second kappa shape index (κ2) is 13.2. The number of piperidine rings is 2. The van der Waals surface area contributed by atoms with Gasteiger partial charge in [-0.3, -0.25) is 0 Å². The summed E-state index contributed by atoms with van der Waals surface area (Å²) in [5, 5.41) is 10.2. The van der Waals surface area contributed by atoms with Gasteiger partial charge >= 0.3 is 6.03 Å². The molecule has 2 aliphatic heterocycles. The van der Waals surface area contributed by atoms with Gasteiger partial charge in [0.2, 0.25) is 0 Å². The molecule has 2 atom stereocenters. The fourth-order valence-corrected chi connectivity index (χ4v) is 5.82. The van der Waals surface area contributed by atoms with Crippen molar-refractivity contribution in [3.8, 4) is 0 Å². The Bertz CT molecular complexity index is 845. The molecule has 0 unspecified atom stereocenters. The van der Waals surface area contributed by atoms with E-state index in [0.717, 1.165) is 55.1 Å². The van der Waals surface area contributed by atoms with Crippen molar-refractivity contribution in [1.82, 2.24) is 15.5 Å². The van der Waals surface area contributed by atoms with Gasteiger partial charge in [-0.1, -0.05) is 23.2 Å². The molecule has 3 N–H and O–H groups in total. The zero-order valence-electron chi connectivity index (χ0n) is 17.7. The van der Waals surface area contributed by atoms with Crippen molar-refractivity contribution in [2.24, 2.45) is 5.92 Å². The van der Waals surface area contributed by atoms with E-state index in [2.05, 4.69) is 26.9 Å². The molecule has 3 heterocycles. The first-order valence-electron chi connectivity index (χ1n) is 10.6. The maximum Gasteiger partial charge on any atom is 0.319 e. The minimum Gasteiger partial charge on any atom is -0.334 e. The van der Waals surface area contributed by atoms with Crippen LogP contribution in [0.4, 0.5) is 10.5 Å². The van der Waals surface area contributed by atoms with Crippen LogP contribution in [0.2, 0.25) is 9.36 Å². The van der Waals surface area contributed by atoms with Crippen LogP contribution in [0, 0.1) is 5.92 Å². The first-order valence-corrected chi connectivity index (χ1v) is 12.2. The van der Waals surface area contributed by atoms with Crippen LogP contribution in [0.1, 0.15) is 30.1 Å². The Balaban J connectivity index is 0.00000181. The predicted octanol–water partition coefficient (Wildman–Crippen LogP) is 5.88. The molecule has 0 spiro atoms. The van der Waals surface area contributed by atoms with E-state index in [0.29, 0.717) is 5.02 Å². The number of amides is 2. The molecular weight excluding hydrogens is 510 g/mol. The summed E-state index contributed by atoms with van der Waals surface area (Å²) < 4.78 is 0.796. The first-order chi connectivity index (χ1) is 14.6. The van der Waals surface area contributed by atoms with Gasteiger partial charge in [0, 0.05) is 47.2 Å². The molecule has 2 fully saturated rings. The standard InChI is InChI=1S/C22H28Cl2N4OS.2ClH/c23-16-1-3-17(4-2-16)26-22(29)27-19-9-12-28(13-15-7-10-25-11-8-15)14-18(19)20-5-6-21(24)30-20;;/h1-6,15,18-19,25H,7-14H2,(H2,26,27,29);2*1H/t18-,19-;;/m1../s1. The Morgan fingerprint density at radius 3 is 2.44 bits per heavy atom. The van der Waals surface area contributed by atoms with Crippen LogP contribution in [-0.2, 0) is 0 Å². The highest BCUT2D eigenvalue weighted by Crippen LogP contribution is 2.35. The van der Waals surface area contributed by atoms with Crippen molar-refractivity contribution in [2.45, 2.75) is 31.2 Å². The minimum atomic E-state index is -0.179. The van der Waals surface area contributed by atoms with Crippen molar-refractivity contribution in [2.75, 3.05) is 38.0 Å². The number of halogens is 4. The fraction of sp³-hybridized carbons (Fsp3) is 0.500. The van der Waals surface area contributed by atoms with E-state index in [1.54, 1.807) is 35.6 Å². The quantitative estimate of drug-likeness (QED) is 0.444. The molecule has 4 rings (SSSR count). The number of nitrogens with one attached hydrogen (secondary N) is 3. The molecular formula is C22H30Cl4N4OS. The molecule has 2 amide bonds. The summed E-state index contributed by atoms with van der Waals surface area (Å²) in [5.74, 6) is 1.01. The number of benzene rings is 1. The van der Waals surface area contributed by atoms with Gasteiger partial charge in [-0.25, -0.2) is 4.79 Å². The average molecular weight is 540 g/mol. The predicted molar refractivity (Wildman–Crippen MR) is 141 cm³/mol. The molecule has 32 heavy (non-hydrogen) atoms. The van der Waals surface area contributed by atoms with Gasteiger partial charge in [0.25, 0.3) is 0 Å². The minimum absolute atomic E-state index is 0. The molecule has 10 heteroatoms. The van der Waals surface area contributed by atoms with Crippen LogP contribution in [-0.4, -0.2) is 49.7 Å². The second-order valence-corrected chi connectivity index (χ2v) is 10.4. The Labute approximate surface area is 216 Å². The Hall–Kier alpha value is -0.730. The first kappa shape index (κ1) is 27.5. The Kier molecular flexibility index (Phi) is 11.4. The second-order valence-electron chi connectivity index (χ2n) is 8.20. The van der Waals surface area contributed by atoms with Crippen molar-refractivity contribution in [3.05, 3.63) is 50.6 Å². The number of hydrogen-bond acceptors (Lipinski definition) is 4. The van der Waals surface area contributed by atoms with Gasteiger partial charge in [0.15, 0.2) is 0 Å². The number of nitrogens with zero attached hydrogens (tertiary/aromatic N) is 1. The average Bonchev–Trinajstić information content (AvgIpc) is 3.18.